The molecule has 424 valence electrons. The van der Waals surface area contributed by atoms with Crippen LogP contribution in [0.15, 0.2) is 11.6 Å². The van der Waals surface area contributed by atoms with E-state index in [1.165, 1.54) is 5.57 Å². The maximum Gasteiger partial charge on any atom is 0.187 e. The Labute approximate surface area is 430 Å². The average Bonchev–Trinajstić information content (AvgIpc) is 3.87. The summed E-state index contributed by atoms with van der Waals surface area (Å²) in [5, 5.41) is 140. The van der Waals surface area contributed by atoms with Crippen LogP contribution in [0.5, 0.6) is 0 Å². The fourth-order valence-electron chi connectivity index (χ4n) is 15.6. The SMILES string of the molecule is CC1C2C(CC3C4CC=C5C[C@@H](O[C@@H]6O[C@H](CO)[C@@H](O)[C@H](O[C@@H]7O[C@H](CO)[C@@H](O[C@@H]8O[C@H](CO)[C@@H](O)[C@H](O[C@@H]9O[C@H](CO)[C@@H](O)[C@H](O)[C@H]9O)[C@H]8O)[C@H](O)[C@H]7O)[C@H]6O)CC[C@]5(C)C4CC[C@@]32C)O[C@]12CC[C@@H](C)CO2. The van der Waals surface area contributed by atoms with Crippen LogP contribution < -0.4 is 0 Å². The highest BCUT2D eigenvalue weighted by atomic mass is 16.8. The van der Waals surface area contributed by atoms with Gasteiger partial charge in [0, 0.05) is 12.3 Å². The first kappa shape index (κ1) is 56.1. The summed E-state index contributed by atoms with van der Waals surface area (Å²) in [5.41, 5.74) is 1.43. The van der Waals surface area contributed by atoms with Crippen LogP contribution in [0.4, 0.5) is 0 Å². The van der Waals surface area contributed by atoms with Gasteiger partial charge < -0.3 is 114 Å². The molecule has 6 aliphatic heterocycles. The number of hydrogen-bond acceptors (Lipinski definition) is 23. The zero-order valence-corrected chi connectivity index (χ0v) is 42.5. The van der Waals surface area contributed by atoms with Crippen LogP contribution in [0.25, 0.3) is 0 Å². The Kier molecular flexibility index (Phi) is 16.5. The second-order valence-electron chi connectivity index (χ2n) is 23.9. The van der Waals surface area contributed by atoms with Crippen molar-refractivity contribution in [2.45, 2.75) is 226 Å². The molecule has 0 aromatic carbocycles. The van der Waals surface area contributed by atoms with Gasteiger partial charge in [-0.1, -0.05) is 39.3 Å². The van der Waals surface area contributed by atoms with E-state index in [1.54, 1.807) is 0 Å². The van der Waals surface area contributed by atoms with Crippen molar-refractivity contribution in [3.05, 3.63) is 11.6 Å². The maximum atomic E-state index is 11.8. The second-order valence-corrected chi connectivity index (χ2v) is 23.9. The molecule has 13 N–H and O–H groups in total. The predicted octanol–water partition coefficient (Wildman–Crippen LogP) is -2.99. The van der Waals surface area contributed by atoms with Crippen LogP contribution >= 0.6 is 0 Å². The monoisotopic (exact) mass is 1060 g/mol. The van der Waals surface area contributed by atoms with Crippen LogP contribution in [-0.2, 0) is 47.4 Å². The number of aliphatic hydroxyl groups is 13. The molecule has 10 aliphatic rings. The van der Waals surface area contributed by atoms with Crippen molar-refractivity contribution in [2.24, 2.45) is 46.3 Å². The summed E-state index contributed by atoms with van der Waals surface area (Å²) in [7, 11) is 0. The zero-order valence-electron chi connectivity index (χ0n) is 42.5. The smallest absolute Gasteiger partial charge is 0.187 e. The number of ether oxygens (including phenoxy) is 10. The van der Waals surface area contributed by atoms with Gasteiger partial charge in [-0.3, -0.25) is 0 Å². The molecule has 0 aromatic rings. The number of hydrogen-bond donors (Lipinski definition) is 13. The third-order valence-corrected chi connectivity index (χ3v) is 19.8. The lowest BCUT2D eigenvalue weighted by Gasteiger charge is -2.58. The van der Waals surface area contributed by atoms with Crippen molar-refractivity contribution in [3.8, 4) is 0 Å². The molecule has 6 saturated heterocycles. The first-order valence-electron chi connectivity index (χ1n) is 27.0. The van der Waals surface area contributed by atoms with Crippen LogP contribution in [0, 0.1) is 46.3 Å². The lowest BCUT2D eigenvalue weighted by Crippen LogP contribution is -2.67. The Balaban J connectivity index is 0.774. The minimum atomic E-state index is -2.03. The lowest BCUT2D eigenvalue weighted by atomic mass is 9.47. The van der Waals surface area contributed by atoms with Gasteiger partial charge in [-0.05, 0) is 91.8 Å². The highest BCUT2D eigenvalue weighted by Gasteiger charge is 2.69. The van der Waals surface area contributed by atoms with Gasteiger partial charge in [0.15, 0.2) is 30.9 Å². The highest BCUT2D eigenvalue weighted by molar-refractivity contribution is 5.26. The molecule has 23 nitrogen and oxygen atoms in total. The summed E-state index contributed by atoms with van der Waals surface area (Å²) in [5.74, 6) is 2.45. The maximum absolute atomic E-state index is 11.8. The standard InChI is InChI=1S/C51H82O23/c1-20-7-12-51(65-19-20)21(2)32-27(74-51)14-26-24-6-5-22-13-23(8-10-49(22,3)25(24)9-11-50(26,32)4)66-47-40(63)43(34(57)29(16-53)68-47)73-46-39(62)37(60)42(31(18-55)70-46)71-48-41(64)44(35(58)30(17-54)69-48)72-45-38(61)36(59)33(56)28(15-52)67-45/h5,20-21,23-48,52-64H,6-19H2,1-4H3/t20-,21?,23+,24?,25?,26?,27?,28-,29-,30-,31-,32?,33-,34-,35-,36+,37-,38-,39-,40-,41-,42-,43+,44+,45+,46+,47-,48+,49+,50+,51-/m1/s1. The van der Waals surface area contributed by atoms with Gasteiger partial charge in [0.25, 0.3) is 0 Å². The number of rotatable bonds is 12. The minimum Gasteiger partial charge on any atom is -0.394 e. The first-order valence-corrected chi connectivity index (χ1v) is 27.0. The summed E-state index contributed by atoms with van der Waals surface area (Å²) >= 11 is 0. The third-order valence-electron chi connectivity index (χ3n) is 19.8. The van der Waals surface area contributed by atoms with E-state index >= 15 is 0 Å². The molecule has 23 heteroatoms. The molecule has 3 saturated carbocycles. The summed E-state index contributed by atoms with van der Waals surface area (Å²) in [6.45, 7) is 6.98. The molecule has 4 aliphatic carbocycles. The van der Waals surface area contributed by atoms with Crippen molar-refractivity contribution in [1.29, 1.82) is 0 Å². The van der Waals surface area contributed by atoms with Crippen LogP contribution in [0.3, 0.4) is 0 Å². The van der Waals surface area contributed by atoms with Gasteiger partial charge in [0.05, 0.1) is 45.2 Å². The van der Waals surface area contributed by atoms with E-state index in [2.05, 4.69) is 33.8 Å². The van der Waals surface area contributed by atoms with Crippen LogP contribution in [0.2, 0.25) is 0 Å². The highest BCUT2D eigenvalue weighted by Crippen LogP contribution is 2.71. The van der Waals surface area contributed by atoms with Crippen molar-refractivity contribution in [1.82, 2.24) is 0 Å². The Hall–Kier alpha value is -1.18. The zero-order chi connectivity index (χ0) is 52.9. The van der Waals surface area contributed by atoms with E-state index in [1.807, 2.05) is 0 Å². The van der Waals surface area contributed by atoms with Gasteiger partial charge in [0.2, 0.25) is 0 Å². The molecular formula is C51H82O23. The van der Waals surface area contributed by atoms with Crippen LogP contribution in [-0.4, -0.2) is 240 Å². The minimum absolute atomic E-state index is 0.0493. The number of fused-ring (bicyclic) bond motifs is 7. The fourth-order valence-corrected chi connectivity index (χ4v) is 15.6. The number of allylic oxidation sites excluding steroid dienone is 1. The Morgan fingerprint density at radius 3 is 1.68 bits per heavy atom. The third kappa shape index (κ3) is 9.48. The average molecular weight is 1060 g/mol. The van der Waals surface area contributed by atoms with Gasteiger partial charge in [-0.15, -0.1) is 0 Å². The molecule has 0 aromatic heterocycles. The topological polar surface area (TPSA) is 355 Å². The summed E-state index contributed by atoms with van der Waals surface area (Å²) in [6.07, 6.45) is -24.2. The molecule has 0 bridgehead atoms. The first-order chi connectivity index (χ1) is 35.2. The van der Waals surface area contributed by atoms with Gasteiger partial charge >= 0.3 is 0 Å². The molecule has 1 spiro atoms. The molecular weight excluding hydrogens is 981 g/mol. The predicted molar refractivity (Wildman–Crippen MR) is 248 cm³/mol. The second kappa shape index (κ2) is 21.7. The molecule has 6 unspecified atom stereocenters. The van der Waals surface area contributed by atoms with E-state index in [0.717, 1.165) is 51.6 Å². The molecule has 0 amide bonds. The summed E-state index contributed by atoms with van der Waals surface area (Å²) < 4.78 is 60.2. The molecule has 9 fully saturated rings. The molecule has 31 atom stereocenters. The molecule has 74 heavy (non-hydrogen) atoms. The Morgan fingerprint density at radius 1 is 0.554 bits per heavy atom. The normalized spacial score (nSPS) is 56.5. The molecule has 0 radical (unpaired) electrons. The molecule has 6 heterocycles. The summed E-state index contributed by atoms with van der Waals surface area (Å²) in [4.78, 5) is 0. The van der Waals surface area contributed by atoms with Crippen molar-refractivity contribution >= 4 is 0 Å². The largest absolute Gasteiger partial charge is 0.394 e. The molecule has 10 rings (SSSR count). The van der Waals surface area contributed by atoms with Crippen LogP contribution in [0.1, 0.15) is 85.5 Å². The van der Waals surface area contributed by atoms with E-state index in [-0.39, 0.29) is 16.9 Å². The quantitative estimate of drug-likeness (QED) is 0.0867. The summed E-state index contributed by atoms with van der Waals surface area (Å²) in [6, 6.07) is 0. The van der Waals surface area contributed by atoms with E-state index in [4.69, 9.17) is 47.4 Å². The van der Waals surface area contributed by atoms with Gasteiger partial charge in [-0.2, -0.15) is 0 Å². The lowest BCUT2D eigenvalue weighted by molar-refractivity contribution is -0.390. The van der Waals surface area contributed by atoms with Crippen molar-refractivity contribution in [3.63, 3.8) is 0 Å². The van der Waals surface area contributed by atoms with E-state index in [0.29, 0.717) is 48.3 Å². The number of aliphatic hydroxyl groups excluding tert-OH is 13. The van der Waals surface area contributed by atoms with Crippen molar-refractivity contribution in [2.75, 3.05) is 33.0 Å². The Morgan fingerprint density at radius 2 is 1.09 bits per heavy atom. The Bertz CT molecular complexity index is 1940. The fraction of sp³-hybridized carbons (Fsp3) is 0.961. The van der Waals surface area contributed by atoms with Gasteiger partial charge in [0.1, 0.15) is 97.7 Å². The van der Waals surface area contributed by atoms with E-state index in [9.17, 15) is 66.4 Å². The van der Waals surface area contributed by atoms with E-state index < -0.39 is 161 Å². The van der Waals surface area contributed by atoms with Crippen molar-refractivity contribution < 1.29 is 114 Å². The van der Waals surface area contributed by atoms with Gasteiger partial charge in [-0.25, -0.2) is 0 Å².